The Bertz CT molecular complexity index is 2320. The van der Waals surface area contributed by atoms with Gasteiger partial charge in [0.15, 0.2) is 11.6 Å². The zero-order valence-electron chi connectivity index (χ0n) is 29.8. The molecular weight excluding hydrogens is 896 g/mol. The van der Waals surface area contributed by atoms with E-state index < -0.39 is 50.0 Å². The molecule has 2 heterocycles. The second-order valence-corrected chi connectivity index (χ2v) is 17.4. The Balaban J connectivity index is 0.000000265. The summed E-state index contributed by atoms with van der Waals surface area (Å²) in [5, 5.41) is 2.44. The molecule has 3 amide bonds. The van der Waals surface area contributed by atoms with E-state index in [-0.39, 0.29) is 19.4 Å². The first-order valence-corrected chi connectivity index (χ1v) is 21.7. The van der Waals surface area contributed by atoms with Crippen LogP contribution >= 0.6 is 31.9 Å². The van der Waals surface area contributed by atoms with Crippen molar-refractivity contribution in [2.75, 3.05) is 12.5 Å². The van der Waals surface area contributed by atoms with E-state index in [9.17, 15) is 31.2 Å². The number of benzene rings is 3. The van der Waals surface area contributed by atoms with Gasteiger partial charge in [0.25, 0.3) is 11.8 Å². The molecule has 0 aliphatic rings. The number of sulfonamides is 2. The fourth-order valence-corrected chi connectivity index (χ4v) is 6.15. The third kappa shape index (κ3) is 15.2. The van der Waals surface area contributed by atoms with Crippen LogP contribution in [0.25, 0.3) is 22.8 Å². The first kappa shape index (κ1) is 43.6. The number of nitrogens with one attached hydrogen (secondary N) is 3. The first-order chi connectivity index (χ1) is 26.4. The molecule has 0 bridgehead atoms. The molecule has 0 unspecified atom stereocenters. The molecule has 294 valence electrons. The van der Waals surface area contributed by atoms with Crippen molar-refractivity contribution in [3.63, 3.8) is 0 Å². The highest BCUT2D eigenvalue weighted by Crippen LogP contribution is 2.19. The van der Waals surface area contributed by atoms with Crippen LogP contribution in [-0.2, 0) is 53.8 Å². The topological polar surface area (TPSA) is 242 Å². The van der Waals surface area contributed by atoms with Crippen LogP contribution in [0.3, 0.4) is 0 Å². The fourth-order valence-electron chi connectivity index (χ4n) is 4.71. The van der Waals surface area contributed by atoms with Crippen molar-refractivity contribution in [1.29, 1.82) is 0 Å². The lowest BCUT2D eigenvalue weighted by Gasteiger charge is -2.18. The standard InChI is InChI=1S/C22H21BrN4O5S.C14H15BrN4O3S/c1-33(30,31)27-21(28)19(26-22(29)32-14-16-5-3-2-4-6-16)11-15-7-9-17(10-8-15)20-24-12-18(23)13-25-20;1-23(21,22)19-14(20)12(16)6-9-2-4-10(5-3-9)13-17-7-11(15)8-18-13/h2-10,12-13,19H,11,14H2,1H3,(H,26,29)(H,27,28);2-5,7-8,12H,6,16H2,1H3,(H,19,20)/t19-;12-/m00/s1. The third-order valence-electron chi connectivity index (χ3n) is 7.29. The van der Waals surface area contributed by atoms with Gasteiger partial charge in [-0.3, -0.25) is 19.0 Å². The van der Waals surface area contributed by atoms with Crippen LogP contribution in [-0.4, -0.2) is 79.3 Å². The van der Waals surface area contributed by atoms with Crippen molar-refractivity contribution >= 4 is 69.8 Å². The normalized spacial score (nSPS) is 12.2. The molecule has 3 aromatic carbocycles. The first-order valence-electron chi connectivity index (χ1n) is 16.3. The Labute approximate surface area is 340 Å². The van der Waals surface area contributed by atoms with Crippen LogP contribution in [0.2, 0.25) is 0 Å². The second-order valence-electron chi connectivity index (χ2n) is 12.1. The average Bonchev–Trinajstić information content (AvgIpc) is 3.14. The van der Waals surface area contributed by atoms with E-state index in [0.29, 0.717) is 17.2 Å². The Morgan fingerprint density at radius 3 is 1.52 bits per heavy atom. The van der Waals surface area contributed by atoms with Gasteiger partial charge < -0.3 is 15.8 Å². The van der Waals surface area contributed by atoms with Gasteiger partial charge in [-0.2, -0.15) is 0 Å². The highest BCUT2D eigenvalue weighted by molar-refractivity contribution is 9.10. The number of alkyl carbamates (subject to hydrolysis) is 1. The molecule has 0 radical (unpaired) electrons. The maximum absolute atomic E-state index is 12.5. The minimum Gasteiger partial charge on any atom is -0.445 e. The molecule has 0 saturated heterocycles. The van der Waals surface area contributed by atoms with Gasteiger partial charge >= 0.3 is 6.09 Å². The second kappa shape index (κ2) is 20.1. The summed E-state index contributed by atoms with van der Waals surface area (Å²) < 4.78 is 55.6. The van der Waals surface area contributed by atoms with Gasteiger partial charge in [-0.25, -0.2) is 41.6 Å². The molecule has 0 saturated carbocycles. The number of aromatic nitrogens is 4. The van der Waals surface area contributed by atoms with Gasteiger partial charge in [0.05, 0.1) is 27.5 Å². The van der Waals surface area contributed by atoms with E-state index in [2.05, 4.69) is 57.1 Å². The van der Waals surface area contributed by atoms with Crippen LogP contribution in [0.1, 0.15) is 16.7 Å². The van der Waals surface area contributed by atoms with E-state index in [1.54, 1.807) is 73.3 Å². The molecule has 5 N–H and O–H groups in total. The largest absolute Gasteiger partial charge is 0.445 e. The van der Waals surface area contributed by atoms with Gasteiger partial charge in [-0.05, 0) is 55.0 Å². The van der Waals surface area contributed by atoms with Gasteiger partial charge in [0.2, 0.25) is 20.0 Å². The number of amides is 3. The van der Waals surface area contributed by atoms with Crippen molar-refractivity contribution in [3.8, 4) is 22.8 Å². The Hall–Kier alpha value is -5.15. The number of nitrogens with two attached hydrogens (primary N) is 1. The Morgan fingerprint density at radius 2 is 1.07 bits per heavy atom. The lowest BCUT2D eigenvalue weighted by Crippen LogP contribution is -2.49. The van der Waals surface area contributed by atoms with Crippen LogP contribution in [0.15, 0.2) is 113 Å². The minimum atomic E-state index is -3.81. The van der Waals surface area contributed by atoms with Crippen molar-refractivity contribution in [2.45, 2.75) is 31.5 Å². The predicted molar refractivity (Wildman–Crippen MR) is 215 cm³/mol. The average molecular weight is 933 g/mol. The lowest BCUT2D eigenvalue weighted by molar-refractivity contribution is -0.121. The molecule has 5 rings (SSSR count). The summed E-state index contributed by atoms with van der Waals surface area (Å²) >= 11 is 6.56. The molecule has 5 aromatic rings. The maximum Gasteiger partial charge on any atom is 0.408 e. The van der Waals surface area contributed by atoms with Crippen molar-refractivity contribution in [1.82, 2.24) is 34.7 Å². The molecule has 0 spiro atoms. The number of ether oxygens (including phenoxy) is 1. The summed E-state index contributed by atoms with van der Waals surface area (Å²) in [5.41, 5.74) is 9.58. The molecule has 16 nitrogen and oxygen atoms in total. The van der Waals surface area contributed by atoms with Crippen LogP contribution in [0.5, 0.6) is 0 Å². The molecule has 2 atom stereocenters. The van der Waals surface area contributed by atoms with Gasteiger partial charge in [-0.1, -0.05) is 78.9 Å². The van der Waals surface area contributed by atoms with Crippen molar-refractivity contribution < 1.29 is 36.0 Å². The van der Waals surface area contributed by atoms with Gasteiger partial charge in [0, 0.05) is 42.3 Å². The SMILES string of the molecule is CS(=O)(=O)NC(=O)[C@@H](N)Cc1ccc(-c2ncc(Br)cn2)cc1.CS(=O)(=O)NC(=O)[C@H](Cc1ccc(-c2ncc(Br)cn2)cc1)NC(=O)OCc1ccccc1. The number of nitrogens with zero attached hydrogens (tertiary/aromatic N) is 4. The molecule has 56 heavy (non-hydrogen) atoms. The van der Waals surface area contributed by atoms with E-state index in [1.165, 1.54) is 0 Å². The van der Waals surface area contributed by atoms with E-state index in [1.807, 2.05) is 39.8 Å². The molecular formula is C36H36Br2N8O8S2. The summed E-state index contributed by atoms with van der Waals surface area (Å²) in [6, 6.07) is 21.2. The van der Waals surface area contributed by atoms with Crippen molar-refractivity contribution in [2.24, 2.45) is 5.73 Å². The van der Waals surface area contributed by atoms with E-state index in [4.69, 9.17) is 10.5 Å². The van der Waals surface area contributed by atoms with Crippen LogP contribution in [0, 0.1) is 0 Å². The zero-order valence-corrected chi connectivity index (χ0v) is 34.6. The monoisotopic (exact) mass is 930 g/mol. The summed E-state index contributed by atoms with van der Waals surface area (Å²) in [7, 11) is -7.42. The predicted octanol–water partition coefficient (Wildman–Crippen LogP) is 3.67. The van der Waals surface area contributed by atoms with Crippen molar-refractivity contribution in [3.05, 3.63) is 129 Å². The highest BCUT2D eigenvalue weighted by Gasteiger charge is 2.25. The van der Waals surface area contributed by atoms with E-state index in [0.717, 1.165) is 43.7 Å². The Kier molecular flexibility index (Phi) is 15.7. The fraction of sp³-hybridized carbons (Fsp3) is 0.194. The third-order valence-corrected chi connectivity index (χ3v) is 9.25. The van der Waals surface area contributed by atoms with Crippen LogP contribution < -0.4 is 20.5 Å². The number of hydrogen-bond acceptors (Lipinski definition) is 13. The quantitative estimate of drug-likeness (QED) is 0.132. The van der Waals surface area contributed by atoms with Crippen LogP contribution in [0.4, 0.5) is 4.79 Å². The number of halogens is 2. The van der Waals surface area contributed by atoms with E-state index >= 15 is 0 Å². The molecule has 0 aliphatic carbocycles. The molecule has 0 fully saturated rings. The number of hydrogen-bond donors (Lipinski definition) is 4. The summed E-state index contributed by atoms with van der Waals surface area (Å²) in [5.74, 6) is -0.486. The minimum absolute atomic E-state index is 0.00890. The number of carbonyl (C=O) groups is 3. The highest BCUT2D eigenvalue weighted by atomic mass is 79.9. The zero-order chi connectivity index (χ0) is 40.9. The summed E-state index contributed by atoms with van der Waals surface area (Å²) in [6.07, 6.45) is 7.77. The smallest absolute Gasteiger partial charge is 0.408 e. The number of rotatable bonds is 13. The maximum atomic E-state index is 12.5. The van der Waals surface area contributed by atoms with Gasteiger partial charge in [-0.15, -0.1) is 0 Å². The molecule has 0 aliphatic heterocycles. The van der Waals surface area contributed by atoms with Gasteiger partial charge in [0.1, 0.15) is 12.6 Å². The number of carbonyl (C=O) groups excluding carboxylic acids is 3. The molecule has 2 aromatic heterocycles. The summed E-state index contributed by atoms with van der Waals surface area (Å²) in [4.78, 5) is 53.3. The Morgan fingerprint density at radius 1 is 0.643 bits per heavy atom. The molecule has 20 heteroatoms. The summed E-state index contributed by atoms with van der Waals surface area (Å²) in [6.45, 7) is 0.00890. The lowest BCUT2D eigenvalue weighted by atomic mass is 10.0.